The molecule has 2 aromatic rings. The Balaban J connectivity index is 2.51. The number of fused-ring (bicyclic) bond motifs is 2. The predicted molar refractivity (Wildman–Crippen MR) is 117 cm³/mol. The van der Waals surface area contributed by atoms with E-state index in [9.17, 15) is 0 Å². The summed E-state index contributed by atoms with van der Waals surface area (Å²) in [5.41, 5.74) is 2.21. The average molecular weight is 382 g/mol. The molecular formula is C23H31NO2Si. The van der Waals surface area contributed by atoms with Crippen molar-refractivity contribution in [1.29, 1.82) is 0 Å². The van der Waals surface area contributed by atoms with E-state index >= 15 is 0 Å². The number of benzene rings is 2. The van der Waals surface area contributed by atoms with Gasteiger partial charge in [0.15, 0.2) is 0 Å². The van der Waals surface area contributed by atoms with Gasteiger partial charge in [-0.05, 0) is 75.1 Å². The maximum absolute atomic E-state index is 6.54. The number of rotatable bonds is 4. The summed E-state index contributed by atoms with van der Waals surface area (Å²) < 4.78 is 12.2. The van der Waals surface area contributed by atoms with Crippen LogP contribution in [0.1, 0.15) is 33.3 Å². The van der Waals surface area contributed by atoms with Crippen molar-refractivity contribution in [3.8, 4) is 5.75 Å². The Morgan fingerprint density at radius 2 is 1.70 bits per heavy atom. The van der Waals surface area contributed by atoms with Gasteiger partial charge < -0.3 is 14.5 Å². The number of hydrogen-bond donors (Lipinski definition) is 1. The molecular weight excluding hydrogens is 350 g/mol. The second-order valence-electron chi connectivity index (χ2n) is 9.17. The van der Waals surface area contributed by atoms with Gasteiger partial charge in [0.1, 0.15) is 11.5 Å². The quantitative estimate of drug-likeness (QED) is 0.683. The molecule has 0 fully saturated rings. The molecule has 0 bridgehead atoms. The minimum absolute atomic E-state index is 0.0864. The lowest BCUT2D eigenvalue weighted by Crippen LogP contribution is -2.35. The van der Waals surface area contributed by atoms with Crippen LogP contribution in [-0.4, -0.2) is 21.0 Å². The maximum atomic E-state index is 6.54. The van der Waals surface area contributed by atoms with Gasteiger partial charge >= 0.3 is 0 Å². The van der Waals surface area contributed by atoms with Crippen LogP contribution in [0.2, 0.25) is 19.6 Å². The molecule has 0 aliphatic heterocycles. The lowest BCUT2D eigenvalue weighted by atomic mass is 10.0. The van der Waals surface area contributed by atoms with Crippen LogP contribution in [0.15, 0.2) is 30.3 Å². The van der Waals surface area contributed by atoms with E-state index in [4.69, 9.17) is 9.16 Å². The van der Waals surface area contributed by atoms with Crippen LogP contribution in [0.3, 0.4) is 0 Å². The van der Waals surface area contributed by atoms with Gasteiger partial charge in [-0.3, -0.25) is 0 Å². The van der Waals surface area contributed by atoms with Gasteiger partial charge in [-0.2, -0.15) is 0 Å². The number of hydrogen-bond acceptors (Lipinski definition) is 3. The summed E-state index contributed by atoms with van der Waals surface area (Å²) in [6.07, 6.45) is 2.27. The lowest BCUT2D eigenvalue weighted by Gasteiger charge is -2.27. The van der Waals surface area contributed by atoms with Crippen LogP contribution < -0.4 is 20.2 Å². The molecule has 0 amide bonds. The number of ether oxygens (including phenoxy) is 1. The SMILES string of the molecule is COC(C)=c1c(O[Si](C)(C)C)cc2c(c1NC(C)(C)C)C=c1ccccc1=2. The van der Waals surface area contributed by atoms with Crippen LogP contribution in [0.5, 0.6) is 5.75 Å². The van der Waals surface area contributed by atoms with Gasteiger partial charge in [-0.25, -0.2) is 0 Å². The number of methoxy groups -OCH3 is 1. The second kappa shape index (κ2) is 6.75. The molecule has 0 aromatic heterocycles. The standard InChI is InChI=1S/C23H31NO2Si/c1-15(25-5)21-20(26-27(6,7)8)14-18-17-12-10-9-11-16(17)13-19(18)22(21)24-23(2,3)4/h9-14,24H,1-8H3. The zero-order valence-corrected chi connectivity index (χ0v) is 18.8. The van der Waals surface area contributed by atoms with Gasteiger partial charge in [-0.15, -0.1) is 0 Å². The summed E-state index contributed by atoms with van der Waals surface area (Å²) in [5.74, 6) is 1.77. The van der Waals surface area contributed by atoms with Crippen LogP contribution in [0.4, 0.5) is 5.69 Å². The molecule has 0 unspecified atom stereocenters. The lowest BCUT2D eigenvalue weighted by molar-refractivity contribution is 0.359. The molecule has 1 N–H and O–H groups in total. The van der Waals surface area contributed by atoms with Crippen LogP contribution in [-0.2, 0) is 4.74 Å². The van der Waals surface area contributed by atoms with E-state index in [1.807, 2.05) is 6.92 Å². The van der Waals surface area contributed by atoms with E-state index in [2.05, 4.69) is 82.1 Å². The smallest absolute Gasteiger partial charge is 0.242 e. The Morgan fingerprint density at radius 3 is 2.30 bits per heavy atom. The first kappa shape index (κ1) is 19.6. The predicted octanol–water partition coefficient (Wildman–Crippen LogP) is 4.31. The van der Waals surface area contributed by atoms with Crippen molar-refractivity contribution in [2.24, 2.45) is 0 Å². The van der Waals surface area contributed by atoms with Crippen molar-refractivity contribution in [2.45, 2.75) is 52.9 Å². The largest absolute Gasteiger partial charge is 0.544 e. The van der Waals surface area contributed by atoms with Crippen LogP contribution >= 0.6 is 0 Å². The van der Waals surface area contributed by atoms with Crippen molar-refractivity contribution >= 4 is 25.8 Å². The zero-order valence-electron chi connectivity index (χ0n) is 17.8. The summed E-state index contributed by atoms with van der Waals surface area (Å²) in [4.78, 5) is 0. The molecule has 1 aliphatic carbocycles. The van der Waals surface area contributed by atoms with Crippen molar-refractivity contribution in [3.05, 3.63) is 56.8 Å². The highest BCUT2D eigenvalue weighted by molar-refractivity contribution is 6.70. The molecule has 3 nitrogen and oxygen atoms in total. The second-order valence-corrected chi connectivity index (χ2v) is 13.6. The van der Waals surface area contributed by atoms with Crippen molar-refractivity contribution in [2.75, 3.05) is 12.4 Å². The first-order chi connectivity index (χ1) is 12.5. The van der Waals surface area contributed by atoms with Gasteiger partial charge in [-0.1, -0.05) is 24.3 Å². The van der Waals surface area contributed by atoms with Crippen molar-refractivity contribution in [1.82, 2.24) is 0 Å². The van der Waals surface area contributed by atoms with E-state index in [0.717, 1.165) is 22.4 Å². The Labute approximate surface area is 163 Å². The van der Waals surface area contributed by atoms with Crippen molar-refractivity contribution in [3.63, 3.8) is 0 Å². The fourth-order valence-electron chi connectivity index (χ4n) is 3.44. The van der Waals surface area contributed by atoms with Gasteiger partial charge in [0, 0.05) is 11.1 Å². The molecule has 0 heterocycles. The summed E-state index contributed by atoms with van der Waals surface area (Å²) in [6.45, 7) is 15.2. The summed E-state index contributed by atoms with van der Waals surface area (Å²) >= 11 is 0. The highest BCUT2D eigenvalue weighted by Crippen LogP contribution is 2.27. The zero-order chi connectivity index (χ0) is 20.0. The minimum atomic E-state index is -1.80. The van der Waals surface area contributed by atoms with E-state index < -0.39 is 8.32 Å². The van der Waals surface area contributed by atoms with E-state index in [1.165, 1.54) is 21.2 Å². The molecule has 27 heavy (non-hydrogen) atoms. The van der Waals surface area contributed by atoms with E-state index in [0.29, 0.717) is 0 Å². The monoisotopic (exact) mass is 381 g/mol. The Morgan fingerprint density at radius 1 is 1.04 bits per heavy atom. The van der Waals surface area contributed by atoms with Gasteiger partial charge in [0.25, 0.3) is 0 Å². The normalized spacial score (nSPS) is 14.1. The molecule has 4 heteroatoms. The fraction of sp³-hybridized carbons (Fsp3) is 0.391. The molecule has 0 spiro atoms. The summed E-state index contributed by atoms with van der Waals surface area (Å²) in [6, 6.07) is 10.7. The Bertz CT molecular complexity index is 1090. The molecule has 0 saturated carbocycles. The van der Waals surface area contributed by atoms with Crippen LogP contribution in [0.25, 0.3) is 11.8 Å². The molecule has 0 saturated heterocycles. The van der Waals surface area contributed by atoms with Gasteiger partial charge in [0.05, 0.1) is 18.0 Å². The highest BCUT2D eigenvalue weighted by atomic mass is 28.4. The van der Waals surface area contributed by atoms with Gasteiger partial charge in [0.2, 0.25) is 8.32 Å². The Kier molecular flexibility index (Phi) is 4.89. The molecule has 1 aliphatic rings. The van der Waals surface area contributed by atoms with Crippen molar-refractivity contribution < 1.29 is 9.16 Å². The third-order valence-electron chi connectivity index (χ3n) is 4.46. The molecule has 2 aromatic carbocycles. The number of nitrogens with one attached hydrogen (secondary N) is 1. The summed E-state index contributed by atoms with van der Waals surface area (Å²) in [5, 5.41) is 8.48. The number of anilines is 1. The first-order valence-corrected chi connectivity index (χ1v) is 12.9. The van der Waals surface area contributed by atoms with Crippen LogP contribution in [0, 0.1) is 10.4 Å². The first-order valence-electron chi connectivity index (χ1n) is 9.50. The molecule has 0 atom stereocenters. The fourth-order valence-corrected chi connectivity index (χ4v) is 4.26. The topological polar surface area (TPSA) is 30.5 Å². The van der Waals surface area contributed by atoms with E-state index in [-0.39, 0.29) is 5.54 Å². The third-order valence-corrected chi connectivity index (χ3v) is 5.29. The average Bonchev–Trinajstić information content (AvgIpc) is 2.90. The Hall–Kier alpha value is -2.20. The maximum Gasteiger partial charge on any atom is 0.242 e. The third kappa shape index (κ3) is 4.06. The summed E-state index contributed by atoms with van der Waals surface area (Å²) in [7, 11) is -0.0783. The molecule has 0 radical (unpaired) electrons. The molecule has 144 valence electrons. The molecule has 3 rings (SSSR count). The minimum Gasteiger partial charge on any atom is -0.544 e. The highest BCUT2D eigenvalue weighted by Gasteiger charge is 2.23. The van der Waals surface area contributed by atoms with E-state index in [1.54, 1.807) is 7.11 Å².